The maximum atomic E-state index is 13.9. The zero-order valence-electron chi connectivity index (χ0n) is 24.8. The van der Waals surface area contributed by atoms with Gasteiger partial charge in [0.1, 0.15) is 18.1 Å². The molecule has 1 heterocycles. The third-order valence-corrected chi connectivity index (χ3v) is 7.63. The van der Waals surface area contributed by atoms with Gasteiger partial charge in [-0.15, -0.1) is 0 Å². The van der Waals surface area contributed by atoms with Gasteiger partial charge in [-0.25, -0.2) is 4.98 Å². The summed E-state index contributed by atoms with van der Waals surface area (Å²) in [5.41, 5.74) is 3.85. The van der Waals surface area contributed by atoms with Crippen LogP contribution < -0.4 is 15.0 Å². The van der Waals surface area contributed by atoms with Crippen molar-refractivity contribution in [3.63, 3.8) is 0 Å². The van der Waals surface area contributed by atoms with E-state index in [0.717, 1.165) is 32.5 Å². The molecule has 5 aromatic rings. The van der Waals surface area contributed by atoms with Gasteiger partial charge in [0.25, 0.3) is 11.2 Å². The highest BCUT2D eigenvalue weighted by Crippen LogP contribution is 2.34. The van der Waals surface area contributed by atoms with Crippen molar-refractivity contribution in [1.82, 2.24) is 9.66 Å². The fourth-order valence-electron chi connectivity index (χ4n) is 4.82. The van der Waals surface area contributed by atoms with Crippen LogP contribution in [0.15, 0.2) is 93.2 Å². The van der Waals surface area contributed by atoms with Gasteiger partial charge < -0.3 is 9.47 Å². The molecule has 44 heavy (non-hydrogen) atoms. The van der Waals surface area contributed by atoms with Gasteiger partial charge in [-0.05, 0) is 78.9 Å². The minimum Gasteiger partial charge on any atom is -0.494 e. The van der Waals surface area contributed by atoms with Crippen molar-refractivity contribution in [1.29, 1.82) is 0 Å². The van der Waals surface area contributed by atoms with Crippen molar-refractivity contribution in [3.8, 4) is 22.9 Å². The lowest BCUT2D eigenvalue weighted by Crippen LogP contribution is -2.21. The van der Waals surface area contributed by atoms with Crippen molar-refractivity contribution in [3.05, 3.63) is 126 Å². The van der Waals surface area contributed by atoms with Crippen LogP contribution in [0.1, 0.15) is 48.9 Å². The van der Waals surface area contributed by atoms with Crippen LogP contribution in [0.3, 0.4) is 0 Å². The number of rotatable bonds is 10. The molecule has 0 spiro atoms. The first-order valence-electron chi connectivity index (χ1n) is 14.2. The predicted molar refractivity (Wildman–Crippen MR) is 176 cm³/mol. The third-order valence-electron chi connectivity index (χ3n) is 7.10. The number of nitro benzene ring substituents is 1. The van der Waals surface area contributed by atoms with Crippen LogP contribution in [-0.4, -0.2) is 27.4 Å². The van der Waals surface area contributed by atoms with Gasteiger partial charge in [-0.2, -0.15) is 9.78 Å². The van der Waals surface area contributed by atoms with E-state index in [0.29, 0.717) is 34.6 Å². The summed E-state index contributed by atoms with van der Waals surface area (Å²) in [7, 11) is 0. The second-order valence-electron chi connectivity index (χ2n) is 10.5. The number of aryl methyl sites for hydroxylation is 1. The lowest BCUT2D eigenvalue weighted by atomic mass is 9.96. The SMILES string of the molecule is CCOc1cc(C)c(-c2nc3ccccc3c(=O)n2N=Cc2cc([N+](=O)[O-])ccc2OCc2ccc(Br)cc2)cc1C(C)C. The van der Waals surface area contributed by atoms with E-state index in [2.05, 4.69) is 34.9 Å². The van der Waals surface area contributed by atoms with Gasteiger partial charge in [0, 0.05) is 27.7 Å². The van der Waals surface area contributed by atoms with Crippen LogP contribution in [0.4, 0.5) is 5.69 Å². The van der Waals surface area contributed by atoms with Gasteiger partial charge in [0.15, 0.2) is 5.82 Å². The van der Waals surface area contributed by atoms with Crippen molar-refractivity contribution in [2.75, 3.05) is 6.61 Å². The zero-order valence-corrected chi connectivity index (χ0v) is 26.4. The van der Waals surface area contributed by atoms with Gasteiger partial charge in [-0.1, -0.05) is 54.0 Å². The van der Waals surface area contributed by atoms with E-state index >= 15 is 0 Å². The van der Waals surface area contributed by atoms with E-state index in [1.165, 1.54) is 29.1 Å². The molecule has 0 unspecified atom stereocenters. The summed E-state index contributed by atoms with van der Waals surface area (Å²) in [6.45, 7) is 8.79. The molecular formula is C34H31BrN4O5. The third kappa shape index (κ3) is 6.55. The van der Waals surface area contributed by atoms with E-state index in [1.807, 2.05) is 56.3 Å². The first kappa shape index (κ1) is 30.6. The van der Waals surface area contributed by atoms with Crippen molar-refractivity contribution >= 4 is 38.7 Å². The number of hydrogen-bond acceptors (Lipinski definition) is 7. The number of ether oxygens (including phenoxy) is 2. The Morgan fingerprint density at radius 3 is 2.48 bits per heavy atom. The monoisotopic (exact) mass is 654 g/mol. The summed E-state index contributed by atoms with van der Waals surface area (Å²) in [4.78, 5) is 29.9. The number of non-ortho nitro benzene ring substituents is 1. The standard InChI is InChI=1S/C34H31BrN4O5/c1-5-43-32-16-22(4)29(18-28(32)21(2)3)33-37-30-9-7-6-8-27(30)34(40)38(33)36-19-24-17-26(39(41)42)14-15-31(24)44-20-23-10-12-25(35)13-11-23/h6-19,21H,5,20H2,1-4H3. The summed E-state index contributed by atoms with van der Waals surface area (Å²) in [6.07, 6.45) is 1.40. The van der Waals surface area contributed by atoms with Crippen molar-refractivity contribution in [2.45, 2.75) is 40.2 Å². The van der Waals surface area contributed by atoms with Crippen LogP contribution in [-0.2, 0) is 6.61 Å². The van der Waals surface area contributed by atoms with Gasteiger partial charge in [0.2, 0.25) is 0 Å². The number of halogens is 1. The van der Waals surface area contributed by atoms with Crippen LogP contribution in [0.25, 0.3) is 22.3 Å². The molecule has 5 rings (SSSR count). The highest BCUT2D eigenvalue weighted by molar-refractivity contribution is 9.10. The molecule has 9 nitrogen and oxygen atoms in total. The molecular weight excluding hydrogens is 624 g/mol. The minimum atomic E-state index is -0.484. The first-order chi connectivity index (χ1) is 21.2. The number of aromatic nitrogens is 2. The van der Waals surface area contributed by atoms with E-state index in [9.17, 15) is 14.9 Å². The minimum absolute atomic E-state index is 0.129. The summed E-state index contributed by atoms with van der Waals surface area (Å²) in [6, 6.07) is 23.0. The predicted octanol–water partition coefficient (Wildman–Crippen LogP) is 8.03. The molecule has 0 fully saturated rings. The topological polar surface area (TPSA) is 109 Å². The molecule has 0 aliphatic carbocycles. The first-order valence-corrected chi connectivity index (χ1v) is 14.9. The van der Waals surface area contributed by atoms with E-state index in [1.54, 1.807) is 18.2 Å². The molecule has 0 bridgehead atoms. The summed E-state index contributed by atoms with van der Waals surface area (Å²) >= 11 is 3.43. The average molecular weight is 656 g/mol. The Morgan fingerprint density at radius 1 is 1.02 bits per heavy atom. The molecule has 0 atom stereocenters. The number of hydrogen-bond donors (Lipinski definition) is 0. The fourth-order valence-corrected chi connectivity index (χ4v) is 5.08. The molecule has 0 saturated heterocycles. The molecule has 0 N–H and O–H groups in total. The lowest BCUT2D eigenvalue weighted by molar-refractivity contribution is -0.384. The van der Waals surface area contributed by atoms with Crippen LogP contribution in [0.5, 0.6) is 11.5 Å². The fraction of sp³-hybridized carbons (Fsp3) is 0.206. The Labute approximate surface area is 263 Å². The molecule has 4 aromatic carbocycles. The second-order valence-corrected chi connectivity index (χ2v) is 11.4. The van der Waals surface area contributed by atoms with Gasteiger partial charge in [-0.3, -0.25) is 14.9 Å². The molecule has 0 radical (unpaired) electrons. The number of benzene rings is 4. The highest BCUT2D eigenvalue weighted by Gasteiger charge is 2.19. The summed E-state index contributed by atoms with van der Waals surface area (Å²) in [5, 5.41) is 16.6. The van der Waals surface area contributed by atoms with Gasteiger partial charge in [0.05, 0.1) is 28.6 Å². The number of nitrogens with zero attached hydrogens (tertiary/aromatic N) is 4. The molecule has 0 aliphatic heterocycles. The number of para-hydroxylation sites is 1. The van der Waals surface area contributed by atoms with Crippen molar-refractivity contribution < 1.29 is 14.4 Å². The number of nitro groups is 1. The molecule has 10 heteroatoms. The molecule has 0 saturated carbocycles. The quantitative estimate of drug-likeness (QED) is 0.0857. The lowest BCUT2D eigenvalue weighted by Gasteiger charge is -2.18. The average Bonchev–Trinajstić information content (AvgIpc) is 3.00. The van der Waals surface area contributed by atoms with Crippen molar-refractivity contribution in [2.24, 2.45) is 5.10 Å². The molecule has 0 aliphatic rings. The summed E-state index contributed by atoms with van der Waals surface area (Å²) in [5.74, 6) is 1.65. The Kier molecular flexibility index (Phi) is 9.20. The Balaban J connectivity index is 1.66. The number of fused-ring (bicyclic) bond motifs is 1. The van der Waals surface area contributed by atoms with E-state index in [-0.39, 0.29) is 23.8 Å². The Bertz CT molecular complexity index is 1930. The Morgan fingerprint density at radius 2 is 1.77 bits per heavy atom. The summed E-state index contributed by atoms with van der Waals surface area (Å²) < 4.78 is 14.2. The smallest absolute Gasteiger partial charge is 0.282 e. The van der Waals surface area contributed by atoms with E-state index in [4.69, 9.17) is 14.5 Å². The maximum absolute atomic E-state index is 13.9. The highest BCUT2D eigenvalue weighted by atomic mass is 79.9. The molecule has 224 valence electrons. The normalized spacial score (nSPS) is 11.4. The van der Waals surface area contributed by atoms with E-state index < -0.39 is 4.92 Å². The van der Waals surface area contributed by atoms with Crippen LogP contribution in [0, 0.1) is 17.0 Å². The molecule has 0 amide bonds. The van der Waals surface area contributed by atoms with Crippen LogP contribution >= 0.6 is 15.9 Å². The van der Waals surface area contributed by atoms with Gasteiger partial charge >= 0.3 is 0 Å². The zero-order chi connectivity index (χ0) is 31.4. The van der Waals surface area contributed by atoms with Crippen LogP contribution in [0.2, 0.25) is 0 Å². The molecule has 1 aromatic heterocycles. The second kappa shape index (κ2) is 13.2. The maximum Gasteiger partial charge on any atom is 0.282 e. The Hall–Kier alpha value is -4.83. The largest absolute Gasteiger partial charge is 0.494 e.